The summed E-state index contributed by atoms with van der Waals surface area (Å²) >= 11 is 1.30. The Hall–Kier alpha value is -0.390. The average Bonchev–Trinajstić information content (AvgIpc) is 2.51. The third kappa shape index (κ3) is 3.29. The quantitative estimate of drug-likeness (QED) is 0.888. The van der Waals surface area contributed by atoms with Gasteiger partial charge in [0.1, 0.15) is 4.21 Å². The second-order valence-corrected chi connectivity index (χ2v) is 7.25. The molecule has 0 radical (unpaired) electrons. The molecule has 0 aliphatic heterocycles. The summed E-state index contributed by atoms with van der Waals surface area (Å²) in [6, 6.07) is 3.42. The first-order valence-corrected chi connectivity index (χ1v) is 7.21. The summed E-state index contributed by atoms with van der Waals surface area (Å²) < 4.78 is 26.8. The molecule has 0 aliphatic rings. The molecular weight excluding hydrogens is 230 g/mol. The van der Waals surface area contributed by atoms with Crippen molar-refractivity contribution in [3.8, 4) is 0 Å². The maximum Gasteiger partial charge on any atom is 0.250 e. The van der Waals surface area contributed by atoms with E-state index in [2.05, 4.69) is 4.72 Å². The van der Waals surface area contributed by atoms with Crippen LogP contribution in [0.3, 0.4) is 0 Å². The van der Waals surface area contributed by atoms with Crippen molar-refractivity contribution in [2.24, 2.45) is 5.92 Å². The van der Waals surface area contributed by atoms with E-state index in [0.717, 1.165) is 4.88 Å². The van der Waals surface area contributed by atoms with Crippen molar-refractivity contribution in [2.75, 3.05) is 0 Å². The van der Waals surface area contributed by atoms with Gasteiger partial charge in [0.05, 0.1) is 0 Å². The lowest BCUT2D eigenvalue weighted by Crippen LogP contribution is -2.35. The van der Waals surface area contributed by atoms with Crippen LogP contribution in [0.25, 0.3) is 0 Å². The van der Waals surface area contributed by atoms with Gasteiger partial charge < -0.3 is 0 Å². The van der Waals surface area contributed by atoms with E-state index in [4.69, 9.17) is 0 Å². The molecule has 15 heavy (non-hydrogen) atoms. The molecule has 1 atom stereocenters. The average molecular weight is 247 g/mol. The van der Waals surface area contributed by atoms with E-state index >= 15 is 0 Å². The molecule has 5 heteroatoms. The number of thiophene rings is 1. The lowest BCUT2D eigenvalue weighted by Gasteiger charge is -2.16. The van der Waals surface area contributed by atoms with Crippen molar-refractivity contribution >= 4 is 21.4 Å². The molecule has 0 bridgehead atoms. The topological polar surface area (TPSA) is 46.2 Å². The fourth-order valence-electron chi connectivity index (χ4n) is 0.995. The maximum atomic E-state index is 11.9. The van der Waals surface area contributed by atoms with Gasteiger partial charge in [-0.15, -0.1) is 11.3 Å². The van der Waals surface area contributed by atoms with Gasteiger partial charge in [-0.25, -0.2) is 13.1 Å². The highest BCUT2D eigenvalue weighted by Crippen LogP contribution is 2.21. The lowest BCUT2D eigenvalue weighted by molar-refractivity contribution is 0.477. The number of hydrogen-bond acceptors (Lipinski definition) is 3. The van der Waals surface area contributed by atoms with E-state index < -0.39 is 10.0 Å². The Bertz CT molecular complexity index is 420. The first-order valence-electron chi connectivity index (χ1n) is 4.91. The minimum atomic E-state index is -3.32. The van der Waals surface area contributed by atoms with Crippen LogP contribution in [0.4, 0.5) is 0 Å². The van der Waals surface area contributed by atoms with Gasteiger partial charge in [0.15, 0.2) is 0 Å². The van der Waals surface area contributed by atoms with E-state index in [9.17, 15) is 8.42 Å². The molecule has 1 aromatic rings. The second kappa shape index (κ2) is 4.63. The van der Waals surface area contributed by atoms with Gasteiger partial charge in [-0.1, -0.05) is 13.8 Å². The SMILES string of the molecule is Cc1ccc(S(=O)(=O)N[C@@H](C)C(C)C)s1. The largest absolute Gasteiger partial charge is 0.250 e. The van der Waals surface area contributed by atoms with Crippen LogP contribution >= 0.6 is 11.3 Å². The van der Waals surface area contributed by atoms with Crippen molar-refractivity contribution in [1.82, 2.24) is 4.72 Å². The Labute approximate surface area is 95.6 Å². The molecule has 1 heterocycles. The summed E-state index contributed by atoms with van der Waals surface area (Å²) in [5.74, 6) is 0.292. The van der Waals surface area contributed by atoms with Gasteiger partial charge in [-0.05, 0) is 31.9 Å². The molecule has 3 nitrogen and oxygen atoms in total. The number of nitrogens with one attached hydrogen (secondary N) is 1. The van der Waals surface area contributed by atoms with Gasteiger partial charge in [-0.2, -0.15) is 0 Å². The molecule has 0 fully saturated rings. The first kappa shape index (κ1) is 12.7. The molecule has 0 saturated carbocycles. The van der Waals surface area contributed by atoms with E-state index in [-0.39, 0.29) is 6.04 Å². The van der Waals surface area contributed by atoms with Crippen LogP contribution in [0.2, 0.25) is 0 Å². The van der Waals surface area contributed by atoms with E-state index in [1.165, 1.54) is 11.3 Å². The number of hydrogen-bond donors (Lipinski definition) is 1. The number of sulfonamides is 1. The molecule has 0 aliphatic carbocycles. The van der Waals surface area contributed by atoms with Crippen molar-refractivity contribution in [1.29, 1.82) is 0 Å². The monoisotopic (exact) mass is 247 g/mol. The van der Waals surface area contributed by atoms with Gasteiger partial charge in [-0.3, -0.25) is 0 Å². The van der Waals surface area contributed by atoms with Crippen LogP contribution in [0.5, 0.6) is 0 Å². The van der Waals surface area contributed by atoms with Crippen LogP contribution in [0.15, 0.2) is 16.3 Å². The second-order valence-electron chi connectivity index (χ2n) is 4.02. The summed E-state index contributed by atoms with van der Waals surface area (Å²) in [6.07, 6.45) is 0. The van der Waals surface area contributed by atoms with Gasteiger partial charge in [0, 0.05) is 10.9 Å². The molecule has 1 N–H and O–H groups in total. The van der Waals surface area contributed by atoms with Gasteiger partial charge >= 0.3 is 0 Å². The Kier molecular flexibility index (Phi) is 3.92. The molecule has 0 saturated heterocycles. The van der Waals surface area contributed by atoms with Crippen LogP contribution in [0.1, 0.15) is 25.6 Å². The zero-order chi connectivity index (χ0) is 11.6. The zero-order valence-electron chi connectivity index (χ0n) is 9.44. The predicted molar refractivity (Wildman–Crippen MR) is 63.7 cm³/mol. The predicted octanol–water partition coefficient (Wildman–Crippen LogP) is 2.38. The Morgan fingerprint density at radius 3 is 2.27 bits per heavy atom. The highest BCUT2D eigenvalue weighted by molar-refractivity contribution is 7.91. The molecule has 0 spiro atoms. The van der Waals surface area contributed by atoms with Crippen molar-refractivity contribution < 1.29 is 8.42 Å². The first-order chi connectivity index (χ1) is 6.83. The van der Waals surface area contributed by atoms with Crippen LogP contribution in [-0.4, -0.2) is 14.5 Å². The lowest BCUT2D eigenvalue weighted by atomic mass is 10.1. The molecule has 1 rings (SSSR count). The minimum Gasteiger partial charge on any atom is -0.207 e. The van der Waals surface area contributed by atoms with Crippen LogP contribution in [0, 0.1) is 12.8 Å². The number of aryl methyl sites for hydroxylation is 1. The third-order valence-electron chi connectivity index (χ3n) is 2.32. The molecule has 0 aromatic carbocycles. The maximum absolute atomic E-state index is 11.9. The van der Waals surface area contributed by atoms with Gasteiger partial charge in [0.2, 0.25) is 10.0 Å². The molecule has 0 amide bonds. The Balaban J connectivity index is 2.85. The summed E-state index contributed by atoms with van der Waals surface area (Å²) in [4.78, 5) is 1.01. The van der Waals surface area contributed by atoms with E-state index in [1.54, 1.807) is 6.07 Å². The molecule has 0 unspecified atom stereocenters. The normalized spacial score (nSPS) is 14.5. The van der Waals surface area contributed by atoms with Crippen LogP contribution in [-0.2, 0) is 10.0 Å². The van der Waals surface area contributed by atoms with E-state index in [1.807, 2.05) is 33.8 Å². The molecular formula is C10H17NO2S2. The highest BCUT2D eigenvalue weighted by atomic mass is 32.2. The summed E-state index contributed by atoms with van der Waals surface area (Å²) in [7, 11) is -3.32. The highest BCUT2D eigenvalue weighted by Gasteiger charge is 2.20. The molecule has 86 valence electrons. The minimum absolute atomic E-state index is 0.0441. The van der Waals surface area contributed by atoms with E-state index in [0.29, 0.717) is 10.1 Å². The fourth-order valence-corrected chi connectivity index (χ4v) is 3.69. The summed E-state index contributed by atoms with van der Waals surface area (Å²) in [5, 5.41) is 0. The van der Waals surface area contributed by atoms with Crippen molar-refractivity contribution in [3.63, 3.8) is 0 Å². The smallest absolute Gasteiger partial charge is 0.207 e. The van der Waals surface area contributed by atoms with Crippen LogP contribution < -0.4 is 4.72 Å². The number of rotatable bonds is 4. The third-order valence-corrected chi connectivity index (χ3v) is 5.37. The summed E-state index contributed by atoms with van der Waals surface area (Å²) in [5.41, 5.74) is 0. The van der Waals surface area contributed by atoms with Gasteiger partial charge in [0.25, 0.3) is 0 Å². The molecule has 1 aromatic heterocycles. The zero-order valence-corrected chi connectivity index (χ0v) is 11.1. The standard InChI is InChI=1S/C10H17NO2S2/c1-7(2)9(4)11-15(12,13)10-6-5-8(3)14-10/h5-7,9,11H,1-4H3/t9-/m0/s1. The summed E-state index contributed by atoms with van der Waals surface area (Å²) in [6.45, 7) is 7.76. The van der Waals surface area contributed by atoms with Crippen molar-refractivity contribution in [2.45, 2.75) is 37.9 Å². The van der Waals surface area contributed by atoms with Crippen molar-refractivity contribution in [3.05, 3.63) is 17.0 Å². The Morgan fingerprint density at radius 1 is 1.27 bits per heavy atom. The Morgan fingerprint density at radius 2 is 1.87 bits per heavy atom. The fraction of sp³-hybridized carbons (Fsp3) is 0.600.